The molecule has 0 aliphatic heterocycles. The van der Waals surface area contributed by atoms with Crippen LogP contribution in [-0.2, 0) is 4.79 Å². The maximum atomic E-state index is 11.9. The molecule has 0 aliphatic rings. The summed E-state index contributed by atoms with van der Waals surface area (Å²) in [6, 6.07) is 13.3. The van der Waals surface area contributed by atoms with E-state index in [9.17, 15) is 14.4 Å². The smallest absolute Gasteiger partial charge is 0.248 e. The molecule has 0 aromatic heterocycles. The number of rotatable bonds is 8. The monoisotopic (exact) mass is 340 g/mol. The molecule has 0 heterocycles. The van der Waals surface area contributed by atoms with E-state index in [4.69, 9.17) is 10.5 Å². The van der Waals surface area contributed by atoms with Gasteiger partial charge in [-0.3, -0.25) is 14.4 Å². The van der Waals surface area contributed by atoms with Crippen molar-refractivity contribution in [3.05, 3.63) is 59.7 Å². The van der Waals surface area contributed by atoms with Crippen LogP contribution in [0.15, 0.2) is 48.5 Å². The number of primary amides is 1. The summed E-state index contributed by atoms with van der Waals surface area (Å²) in [5.41, 5.74) is 6.71. The van der Waals surface area contributed by atoms with Gasteiger partial charge < -0.3 is 15.8 Å². The third-order valence-corrected chi connectivity index (χ3v) is 3.51. The Bertz CT molecular complexity index is 769. The fourth-order valence-electron chi connectivity index (χ4n) is 2.18. The minimum absolute atomic E-state index is 0.00336. The molecular weight excluding hydrogens is 320 g/mol. The minimum Gasteiger partial charge on any atom is -0.494 e. The molecule has 3 N–H and O–H groups in total. The van der Waals surface area contributed by atoms with Crippen LogP contribution in [0.1, 0.15) is 40.5 Å². The molecule has 0 bridgehead atoms. The Morgan fingerprint density at radius 3 is 2.40 bits per heavy atom. The van der Waals surface area contributed by atoms with Gasteiger partial charge in [-0.15, -0.1) is 0 Å². The first kappa shape index (κ1) is 18.2. The van der Waals surface area contributed by atoms with Crippen molar-refractivity contribution in [3.63, 3.8) is 0 Å². The number of ketones is 1. The molecule has 0 atom stereocenters. The Kier molecular flexibility index (Phi) is 6.28. The van der Waals surface area contributed by atoms with E-state index in [2.05, 4.69) is 5.32 Å². The molecule has 2 aromatic carbocycles. The molecule has 2 aromatic rings. The highest BCUT2D eigenvalue weighted by Gasteiger charge is 2.06. The molecule has 0 radical (unpaired) electrons. The number of hydrogen-bond acceptors (Lipinski definition) is 4. The highest BCUT2D eigenvalue weighted by atomic mass is 16.5. The average molecular weight is 340 g/mol. The van der Waals surface area contributed by atoms with E-state index in [1.165, 1.54) is 13.0 Å². The molecule has 0 saturated carbocycles. The maximum Gasteiger partial charge on any atom is 0.248 e. The lowest BCUT2D eigenvalue weighted by Gasteiger charge is -2.08. The van der Waals surface area contributed by atoms with E-state index < -0.39 is 5.91 Å². The Morgan fingerprint density at radius 1 is 1.04 bits per heavy atom. The van der Waals surface area contributed by atoms with E-state index in [1.54, 1.807) is 42.5 Å². The summed E-state index contributed by atoms with van der Waals surface area (Å²) in [6.45, 7) is 1.89. The topological polar surface area (TPSA) is 98.5 Å². The van der Waals surface area contributed by atoms with Gasteiger partial charge in [0.25, 0.3) is 0 Å². The number of anilines is 1. The van der Waals surface area contributed by atoms with Crippen molar-refractivity contribution in [3.8, 4) is 5.75 Å². The zero-order chi connectivity index (χ0) is 18.2. The van der Waals surface area contributed by atoms with Crippen molar-refractivity contribution in [1.82, 2.24) is 0 Å². The molecule has 2 rings (SSSR count). The Morgan fingerprint density at radius 2 is 1.76 bits per heavy atom. The van der Waals surface area contributed by atoms with Crippen molar-refractivity contribution in [2.75, 3.05) is 11.9 Å². The molecule has 6 nitrogen and oxygen atoms in total. The normalized spacial score (nSPS) is 10.1. The highest BCUT2D eigenvalue weighted by molar-refractivity contribution is 5.96. The summed E-state index contributed by atoms with van der Waals surface area (Å²) < 4.78 is 5.54. The van der Waals surface area contributed by atoms with E-state index in [0.29, 0.717) is 35.6 Å². The lowest BCUT2D eigenvalue weighted by molar-refractivity contribution is -0.116. The fraction of sp³-hybridized carbons (Fsp3) is 0.211. The highest BCUT2D eigenvalue weighted by Crippen LogP contribution is 2.14. The van der Waals surface area contributed by atoms with Crippen LogP contribution >= 0.6 is 0 Å². The van der Waals surface area contributed by atoms with E-state index in [0.717, 1.165) is 0 Å². The third kappa shape index (κ3) is 5.76. The summed E-state index contributed by atoms with van der Waals surface area (Å²) in [5.74, 6) is -0.0550. The van der Waals surface area contributed by atoms with Gasteiger partial charge in [0.2, 0.25) is 11.8 Å². The van der Waals surface area contributed by atoms with E-state index in [1.807, 2.05) is 0 Å². The van der Waals surface area contributed by atoms with Gasteiger partial charge in [0.15, 0.2) is 5.78 Å². The Hall–Kier alpha value is -3.15. The molecule has 6 heteroatoms. The van der Waals surface area contributed by atoms with Gasteiger partial charge in [-0.25, -0.2) is 0 Å². The minimum atomic E-state index is -0.541. The SMILES string of the molecule is CC(=O)c1ccc(OCCCC(=O)Nc2cccc(C(N)=O)c2)cc1. The zero-order valence-electron chi connectivity index (χ0n) is 14.0. The molecule has 0 spiro atoms. The predicted molar refractivity (Wildman–Crippen MR) is 94.8 cm³/mol. The van der Waals surface area contributed by atoms with Crippen LogP contribution in [0.4, 0.5) is 5.69 Å². The van der Waals surface area contributed by atoms with Gasteiger partial charge in [-0.2, -0.15) is 0 Å². The quantitative estimate of drug-likeness (QED) is 0.570. The number of carbonyl (C=O) groups is 3. The zero-order valence-corrected chi connectivity index (χ0v) is 14.0. The average Bonchev–Trinajstić information content (AvgIpc) is 2.59. The van der Waals surface area contributed by atoms with Crippen molar-refractivity contribution < 1.29 is 19.1 Å². The lowest BCUT2D eigenvalue weighted by Crippen LogP contribution is -2.14. The first-order chi connectivity index (χ1) is 12.0. The molecule has 2 amide bonds. The molecule has 0 saturated heterocycles. The van der Waals surface area contributed by atoms with Crippen LogP contribution < -0.4 is 15.8 Å². The van der Waals surface area contributed by atoms with Crippen molar-refractivity contribution in [2.24, 2.45) is 5.73 Å². The van der Waals surface area contributed by atoms with Gasteiger partial charge in [-0.1, -0.05) is 6.07 Å². The van der Waals surface area contributed by atoms with Crippen LogP contribution in [0.3, 0.4) is 0 Å². The number of Topliss-reactive ketones (excluding diaryl/α,β-unsaturated/α-hetero) is 1. The summed E-state index contributed by atoms with van der Waals surface area (Å²) in [6.07, 6.45) is 0.822. The number of benzene rings is 2. The van der Waals surface area contributed by atoms with Crippen LogP contribution in [0, 0.1) is 0 Å². The first-order valence-corrected chi connectivity index (χ1v) is 7.89. The largest absolute Gasteiger partial charge is 0.494 e. The van der Waals surface area contributed by atoms with Gasteiger partial charge in [0.1, 0.15) is 5.75 Å². The van der Waals surface area contributed by atoms with E-state index >= 15 is 0 Å². The number of nitrogens with two attached hydrogens (primary N) is 1. The summed E-state index contributed by atoms with van der Waals surface area (Å²) in [5, 5.41) is 2.72. The predicted octanol–water partition coefficient (Wildman–Crippen LogP) is 2.79. The second-order valence-corrected chi connectivity index (χ2v) is 5.53. The van der Waals surface area contributed by atoms with Crippen LogP contribution in [-0.4, -0.2) is 24.2 Å². The van der Waals surface area contributed by atoms with Crippen molar-refractivity contribution in [1.29, 1.82) is 0 Å². The number of ether oxygens (including phenoxy) is 1. The lowest BCUT2D eigenvalue weighted by atomic mass is 10.1. The molecule has 25 heavy (non-hydrogen) atoms. The first-order valence-electron chi connectivity index (χ1n) is 7.89. The molecule has 0 fully saturated rings. The van der Waals surface area contributed by atoms with Crippen molar-refractivity contribution >= 4 is 23.3 Å². The van der Waals surface area contributed by atoms with E-state index in [-0.39, 0.29) is 18.1 Å². The maximum absolute atomic E-state index is 11.9. The van der Waals surface area contributed by atoms with Crippen LogP contribution in [0.2, 0.25) is 0 Å². The van der Waals surface area contributed by atoms with Crippen LogP contribution in [0.25, 0.3) is 0 Å². The number of carbonyl (C=O) groups excluding carboxylic acids is 3. The van der Waals surface area contributed by atoms with Crippen LogP contribution in [0.5, 0.6) is 5.75 Å². The third-order valence-electron chi connectivity index (χ3n) is 3.51. The second kappa shape index (κ2) is 8.63. The summed E-state index contributed by atoms with van der Waals surface area (Å²) in [7, 11) is 0. The number of hydrogen-bond donors (Lipinski definition) is 2. The molecule has 130 valence electrons. The van der Waals surface area contributed by atoms with Crippen molar-refractivity contribution in [2.45, 2.75) is 19.8 Å². The number of nitrogens with one attached hydrogen (secondary N) is 1. The fourth-order valence-corrected chi connectivity index (χ4v) is 2.18. The summed E-state index contributed by atoms with van der Waals surface area (Å²) in [4.78, 5) is 34.2. The molecule has 0 unspecified atom stereocenters. The summed E-state index contributed by atoms with van der Waals surface area (Å²) >= 11 is 0. The number of amides is 2. The van der Waals surface area contributed by atoms with Gasteiger partial charge in [0, 0.05) is 23.2 Å². The Balaban J connectivity index is 1.74. The van der Waals surface area contributed by atoms with Gasteiger partial charge in [-0.05, 0) is 55.8 Å². The molecular formula is C19H20N2O4. The second-order valence-electron chi connectivity index (χ2n) is 5.53. The van der Waals surface area contributed by atoms with Gasteiger partial charge >= 0.3 is 0 Å². The van der Waals surface area contributed by atoms with Gasteiger partial charge in [0.05, 0.1) is 6.61 Å². The Labute approximate surface area is 146 Å². The molecule has 0 aliphatic carbocycles. The standard InChI is InChI=1S/C19H20N2O4/c1-13(22)14-7-9-17(10-8-14)25-11-3-6-18(23)21-16-5-2-4-15(12-16)19(20)24/h2,4-5,7-10,12H,3,6,11H2,1H3,(H2,20,24)(H,21,23).